The van der Waals surface area contributed by atoms with E-state index in [0.29, 0.717) is 0 Å². The fraction of sp³-hybridized carbons (Fsp3) is 0.500. The highest BCUT2D eigenvalue weighted by Gasteiger charge is 2.30. The third kappa shape index (κ3) is 3.50. The SMILES string of the molecule is CC(C)(C)C(=O)N1CCN(c2nnc(-c3ccccn3)s2)CC1. The monoisotopic (exact) mass is 331 g/mol. The first kappa shape index (κ1) is 15.9. The molecule has 1 aliphatic rings. The Kier molecular flexibility index (Phi) is 4.30. The van der Waals surface area contributed by atoms with E-state index in [1.54, 1.807) is 17.5 Å². The largest absolute Gasteiger partial charge is 0.343 e. The molecule has 0 N–H and O–H groups in total. The topological polar surface area (TPSA) is 62.2 Å². The van der Waals surface area contributed by atoms with Gasteiger partial charge in [-0.25, -0.2) is 0 Å². The number of carbonyl (C=O) groups is 1. The Labute approximate surface area is 140 Å². The van der Waals surface area contributed by atoms with Gasteiger partial charge in [0, 0.05) is 37.8 Å². The van der Waals surface area contributed by atoms with Crippen molar-refractivity contribution in [3.05, 3.63) is 24.4 Å². The van der Waals surface area contributed by atoms with Crippen LogP contribution in [0.5, 0.6) is 0 Å². The number of hydrogen-bond acceptors (Lipinski definition) is 6. The van der Waals surface area contributed by atoms with Gasteiger partial charge in [0.25, 0.3) is 0 Å². The number of anilines is 1. The molecule has 0 unspecified atom stereocenters. The number of rotatable bonds is 2. The maximum absolute atomic E-state index is 12.3. The lowest BCUT2D eigenvalue weighted by Gasteiger charge is -2.37. The second-order valence-electron chi connectivity index (χ2n) is 6.63. The third-order valence-corrected chi connectivity index (χ3v) is 4.78. The molecule has 6 nitrogen and oxygen atoms in total. The van der Waals surface area contributed by atoms with Crippen LogP contribution in [0.15, 0.2) is 24.4 Å². The van der Waals surface area contributed by atoms with Crippen LogP contribution in [0.3, 0.4) is 0 Å². The number of amides is 1. The maximum Gasteiger partial charge on any atom is 0.228 e. The Morgan fingerprint density at radius 3 is 2.48 bits per heavy atom. The lowest BCUT2D eigenvalue weighted by molar-refractivity contribution is -0.139. The second-order valence-corrected chi connectivity index (χ2v) is 7.59. The van der Waals surface area contributed by atoms with Crippen LogP contribution >= 0.6 is 11.3 Å². The van der Waals surface area contributed by atoms with Crippen molar-refractivity contribution in [1.82, 2.24) is 20.1 Å². The smallest absolute Gasteiger partial charge is 0.228 e. The molecule has 1 fully saturated rings. The lowest BCUT2D eigenvalue weighted by Crippen LogP contribution is -2.51. The van der Waals surface area contributed by atoms with Crippen molar-refractivity contribution in [2.75, 3.05) is 31.1 Å². The van der Waals surface area contributed by atoms with E-state index < -0.39 is 0 Å². The number of carbonyl (C=O) groups excluding carboxylic acids is 1. The zero-order chi connectivity index (χ0) is 16.4. The highest BCUT2D eigenvalue weighted by molar-refractivity contribution is 7.18. The van der Waals surface area contributed by atoms with Crippen LogP contribution in [0, 0.1) is 5.41 Å². The van der Waals surface area contributed by atoms with Gasteiger partial charge in [0.2, 0.25) is 11.0 Å². The van der Waals surface area contributed by atoms with E-state index in [2.05, 4.69) is 20.1 Å². The Bertz CT molecular complexity index is 671. The first-order valence-electron chi connectivity index (χ1n) is 7.74. The van der Waals surface area contributed by atoms with Gasteiger partial charge < -0.3 is 9.80 Å². The number of nitrogens with zero attached hydrogens (tertiary/aromatic N) is 5. The Morgan fingerprint density at radius 1 is 1.13 bits per heavy atom. The summed E-state index contributed by atoms with van der Waals surface area (Å²) in [4.78, 5) is 20.8. The van der Waals surface area contributed by atoms with E-state index in [0.717, 1.165) is 42.0 Å². The third-order valence-electron chi connectivity index (χ3n) is 3.78. The first-order valence-corrected chi connectivity index (χ1v) is 8.56. The molecule has 1 saturated heterocycles. The number of aromatic nitrogens is 3. The van der Waals surface area contributed by atoms with Gasteiger partial charge in [-0.15, -0.1) is 10.2 Å². The Hall–Kier alpha value is -2.02. The molecule has 1 aliphatic heterocycles. The fourth-order valence-corrected chi connectivity index (χ4v) is 3.38. The van der Waals surface area contributed by atoms with E-state index in [4.69, 9.17) is 0 Å². The molecule has 0 atom stereocenters. The number of hydrogen-bond donors (Lipinski definition) is 0. The van der Waals surface area contributed by atoms with E-state index >= 15 is 0 Å². The van der Waals surface area contributed by atoms with Crippen molar-refractivity contribution in [3.8, 4) is 10.7 Å². The summed E-state index contributed by atoms with van der Waals surface area (Å²) in [5.74, 6) is 0.212. The van der Waals surface area contributed by atoms with E-state index in [9.17, 15) is 4.79 Å². The van der Waals surface area contributed by atoms with Crippen molar-refractivity contribution < 1.29 is 4.79 Å². The second kappa shape index (κ2) is 6.23. The predicted molar refractivity (Wildman–Crippen MR) is 91.4 cm³/mol. The molecular weight excluding hydrogens is 310 g/mol. The summed E-state index contributed by atoms with van der Waals surface area (Å²) in [5, 5.41) is 10.2. The Morgan fingerprint density at radius 2 is 1.87 bits per heavy atom. The molecular formula is C16H21N5OS. The molecule has 0 aromatic carbocycles. The average Bonchev–Trinajstić information content (AvgIpc) is 3.04. The molecule has 0 spiro atoms. The van der Waals surface area contributed by atoms with Gasteiger partial charge in [0.1, 0.15) is 5.69 Å². The van der Waals surface area contributed by atoms with Gasteiger partial charge in [0.15, 0.2) is 5.01 Å². The zero-order valence-electron chi connectivity index (χ0n) is 13.7. The summed E-state index contributed by atoms with van der Waals surface area (Å²) < 4.78 is 0. The number of pyridine rings is 1. The minimum Gasteiger partial charge on any atom is -0.343 e. The molecule has 0 aliphatic carbocycles. The molecule has 0 bridgehead atoms. The molecule has 3 heterocycles. The van der Waals surface area contributed by atoms with Crippen LogP contribution in [0.4, 0.5) is 5.13 Å². The summed E-state index contributed by atoms with van der Waals surface area (Å²) in [7, 11) is 0. The molecule has 2 aromatic rings. The van der Waals surface area contributed by atoms with Crippen molar-refractivity contribution >= 4 is 22.4 Å². The van der Waals surface area contributed by atoms with Crippen LogP contribution in [0.25, 0.3) is 10.7 Å². The minimum absolute atomic E-state index is 0.212. The van der Waals surface area contributed by atoms with Crippen LogP contribution in [0.1, 0.15) is 20.8 Å². The zero-order valence-corrected chi connectivity index (χ0v) is 14.5. The minimum atomic E-state index is -0.322. The molecule has 0 saturated carbocycles. The molecule has 23 heavy (non-hydrogen) atoms. The summed E-state index contributed by atoms with van der Waals surface area (Å²) in [6.07, 6.45) is 1.76. The highest BCUT2D eigenvalue weighted by Crippen LogP contribution is 2.28. The lowest BCUT2D eigenvalue weighted by atomic mass is 9.94. The maximum atomic E-state index is 12.3. The van der Waals surface area contributed by atoms with Gasteiger partial charge >= 0.3 is 0 Å². The molecule has 0 radical (unpaired) electrons. The normalized spacial score (nSPS) is 15.8. The van der Waals surface area contributed by atoms with Crippen molar-refractivity contribution in [2.24, 2.45) is 5.41 Å². The standard InChI is InChI=1S/C16H21N5OS/c1-16(2,3)14(22)20-8-10-21(11-9-20)15-19-18-13(23-15)12-6-4-5-7-17-12/h4-7H,8-11H2,1-3H3. The molecule has 2 aromatic heterocycles. The van der Waals surface area contributed by atoms with Crippen molar-refractivity contribution in [1.29, 1.82) is 0 Å². The predicted octanol–water partition coefficient (Wildman–Crippen LogP) is 2.29. The van der Waals surface area contributed by atoms with E-state index in [1.807, 2.05) is 43.9 Å². The van der Waals surface area contributed by atoms with Gasteiger partial charge in [-0.1, -0.05) is 38.2 Å². The van der Waals surface area contributed by atoms with Gasteiger partial charge in [0.05, 0.1) is 0 Å². The molecule has 1 amide bonds. The summed E-state index contributed by atoms with van der Waals surface area (Å²) in [6.45, 7) is 8.93. The van der Waals surface area contributed by atoms with Crippen molar-refractivity contribution in [2.45, 2.75) is 20.8 Å². The highest BCUT2D eigenvalue weighted by atomic mass is 32.1. The van der Waals surface area contributed by atoms with Crippen LogP contribution in [0.2, 0.25) is 0 Å². The fourth-order valence-electron chi connectivity index (χ4n) is 2.51. The van der Waals surface area contributed by atoms with Crippen molar-refractivity contribution in [3.63, 3.8) is 0 Å². The van der Waals surface area contributed by atoms with Crippen LogP contribution in [-0.2, 0) is 4.79 Å². The summed E-state index contributed by atoms with van der Waals surface area (Å²) in [5.41, 5.74) is 0.523. The average molecular weight is 331 g/mol. The van der Waals surface area contributed by atoms with E-state index in [-0.39, 0.29) is 11.3 Å². The van der Waals surface area contributed by atoms with Gasteiger partial charge in [-0.3, -0.25) is 9.78 Å². The summed E-state index contributed by atoms with van der Waals surface area (Å²) in [6, 6.07) is 5.77. The Balaban J connectivity index is 1.65. The van der Waals surface area contributed by atoms with Crippen LogP contribution in [-0.4, -0.2) is 52.2 Å². The first-order chi connectivity index (χ1) is 10.9. The van der Waals surface area contributed by atoms with Gasteiger partial charge in [-0.2, -0.15) is 0 Å². The molecule has 3 rings (SSSR count). The quantitative estimate of drug-likeness (QED) is 0.845. The molecule has 7 heteroatoms. The number of piperazine rings is 1. The van der Waals surface area contributed by atoms with Crippen LogP contribution < -0.4 is 4.90 Å². The summed E-state index contributed by atoms with van der Waals surface area (Å²) >= 11 is 1.55. The van der Waals surface area contributed by atoms with E-state index in [1.165, 1.54) is 0 Å². The molecule has 122 valence electrons. The van der Waals surface area contributed by atoms with Gasteiger partial charge in [-0.05, 0) is 12.1 Å².